The summed E-state index contributed by atoms with van der Waals surface area (Å²) in [6, 6.07) is 14.1. The molecule has 0 N–H and O–H groups in total. The van der Waals surface area contributed by atoms with Crippen molar-refractivity contribution in [3.63, 3.8) is 0 Å². The number of rotatable bonds is 6. The summed E-state index contributed by atoms with van der Waals surface area (Å²) in [5.41, 5.74) is 5.15. The van der Waals surface area contributed by atoms with E-state index in [4.69, 9.17) is 14.0 Å². The molecule has 1 amide bonds. The van der Waals surface area contributed by atoms with Gasteiger partial charge in [0, 0.05) is 24.1 Å². The van der Waals surface area contributed by atoms with Gasteiger partial charge in [0.25, 0.3) is 0 Å². The van der Waals surface area contributed by atoms with Crippen molar-refractivity contribution < 1.29 is 18.8 Å². The van der Waals surface area contributed by atoms with Crippen LogP contribution in [-0.2, 0) is 17.9 Å². The number of carbonyl (C=O) groups is 1. The third-order valence-electron chi connectivity index (χ3n) is 6.39. The molecule has 0 radical (unpaired) electrons. The van der Waals surface area contributed by atoms with Gasteiger partial charge in [0.1, 0.15) is 5.69 Å². The Kier molecular flexibility index (Phi) is 5.60. The number of nitrogens with zero attached hydrogens (tertiary/aromatic N) is 2. The summed E-state index contributed by atoms with van der Waals surface area (Å²) < 4.78 is 16.6. The number of hydrogen-bond acceptors (Lipinski definition) is 5. The molecule has 166 valence electrons. The van der Waals surface area contributed by atoms with Crippen molar-refractivity contribution in [1.82, 2.24) is 10.1 Å². The smallest absolute Gasteiger partial charge is 0.231 e. The van der Waals surface area contributed by atoms with Crippen LogP contribution in [0.4, 0.5) is 0 Å². The fourth-order valence-electron chi connectivity index (χ4n) is 4.70. The molecule has 6 nitrogen and oxygen atoms in total. The van der Waals surface area contributed by atoms with Crippen LogP contribution in [0.5, 0.6) is 11.5 Å². The molecule has 2 aromatic carbocycles. The number of carbonyl (C=O) groups excluding carboxylic acids is 1. The molecule has 0 atom stereocenters. The van der Waals surface area contributed by atoms with Crippen molar-refractivity contribution in [1.29, 1.82) is 0 Å². The van der Waals surface area contributed by atoms with Gasteiger partial charge < -0.3 is 18.9 Å². The van der Waals surface area contributed by atoms with Crippen LogP contribution >= 0.6 is 0 Å². The molecule has 5 rings (SSSR count). The van der Waals surface area contributed by atoms with Gasteiger partial charge >= 0.3 is 0 Å². The predicted molar refractivity (Wildman–Crippen MR) is 120 cm³/mol. The van der Waals surface area contributed by atoms with Gasteiger partial charge in [-0.05, 0) is 49.9 Å². The van der Waals surface area contributed by atoms with Crippen LogP contribution in [0.25, 0.3) is 11.3 Å². The Bertz CT molecular complexity index is 1130. The third kappa shape index (κ3) is 4.22. The van der Waals surface area contributed by atoms with Gasteiger partial charge in [0.2, 0.25) is 12.7 Å². The lowest BCUT2D eigenvalue weighted by Gasteiger charge is -2.25. The summed E-state index contributed by atoms with van der Waals surface area (Å²) in [5.74, 6) is 2.49. The summed E-state index contributed by atoms with van der Waals surface area (Å²) in [5, 5.41) is 4.29. The van der Waals surface area contributed by atoms with Gasteiger partial charge in [0.05, 0.1) is 6.54 Å². The maximum Gasteiger partial charge on any atom is 0.231 e. The minimum absolute atomic E-state index is 0.0923. The van der Waals surface area contributed by atoms with Crippen molar-refractivity contribution in [2.45, 2.75) is 52.6 Å². The van der Waals surface area contributed by atoms with Crippen LogP contribution in [0.2, 0.25) is 0 Å². The molecule has 1 aliphatic heterocycles. The van der Waals surface area contributed by atoms with Crippen LogP contribution in [0.3, 0.4) is 0 Å². The third-order valence-corrected chi connectivity index (χ3v) is 6.39. The molecule has 2 aliphatic rings. The average Bonchev–Trinajstić information content (AvgIpc) is 3.54. The van der Waals surface area contributed by atoms with E-state index in [1.54, 1.807) is 0 Å². The van der Waals surface area contributed by atoms with Crippen LogP contribution in [0.1, 0.15) is 48.1 Å². The predicted octanol–water partition coefficient (Wildman–Crippen LogP) is 5.41. The Hall–Kier alpha value is -3.28. The second-order valence-corrected chi connectivity index (χ2v) is 8.86. The molecular formula is C26H28N2O4. The van der Waals surface area contributed by atoms with Crippen LogP contribution in [0.15, 0.2) is 47.0 Å². The highest BCUT2D eigenvalue weighted by molar-refractivity contribution is 5.79. The number of amides is 1. The summed E-state index contributed by atoms with van der Waals surface area (Å²) in [7, 11) is 0. The van der Waals surface area contributed by atoms with E-state index in [0.29, 0.717) is 13.1 Å². The Balaban J connectivity index is 1.38. The fraction of sp³-hybridized carbons (Fsp3) is 0.385. The van der Waals surface area contributed by atoms with Gasteiger partial charge in [-0.2, -0.15) is 0 Å². The van der Waals surface area contributed by atoms with Gasteiger partial charge in [-0.15, -0.1) is 0 Å². The Morgan fingerprint density at radius 1 is 1.00 bits per heavy atom. The molecule has 0 saturated heterocycles. The standard InChI is InChI=1S/C26H28N2O4/c1-17-7-9-22(18(2)11-17)24-13-21(27-32-24)15-28(26(29)20-5-3-4-6-20)14-19-8-10-23-25(12-19)31-16-30-23/h7-13,20H,3-6,14-16H2,1-2H3. The normalized spacial score (nSPS) is 15.3. The highest BCUT2D eigenvalue weighted by Gasteiger charge is 2.28. The SMILES string of the molecule is Cc1ccc(-c2cc(CN(Cc3ccc4c(c3)OCO4)C(=O)C3CCCC3)no2)c(C)c1. The molecule has 1 aromatic heterocycles. The van der Waals surface area contributed by atoms with Gasteiger partial charge in [0.15, 0.2) is 17.3 Å². The lowest BCUT2D eigenvalue weighted by atomic mass is 10.0. The maximum atomic E-state index is 13.4. The molecule has 3 aromatic rings. The molecule has 0 spiro atoms. The first-order valence-electron chi connectivity index (χ1n) is 11.3. The van der Waals surface area contributed by atoms with Crippen molar-refractivity contribution in [2.75, 3.05) is 6.79 Å². The molecule has 6 heteroatoms. The van der Waals surface area contributed by atoms with E-state index < -0.39 is 0 Å². The van der Waals surface area contributed by atoms with Crippen molar-refractivity contribution in [2.24, 2.45) is 5.92 Å². The van der Waals surface area contributed by atoms with Crippen LogP contribution in [0, 0.1) is 19.8 Å². The summed E-state index contributed by atoms with van der Waals surface area (Å²) >= 11 is 0. The highest BCUT2D eigenvalue weighted by Crippen LogP contribution is 2.34. The molecular weight excluding hydrogens is 404 g/mol. The molecule has 1 fully saturated rings. The largest absolute Gasteiger partial charge is 0.454 e. The number of hydrogen-bond donors (Lipinski definition) is 0. The minimum atomic E-state index is 0.0923. The maximum absolute atomic E-state index is 13.4. The van der Waals surface area contributed by atoms with E-state index >= 15 is 0 Å². The molecule has 32 heavy (non-hydrogen) atoms. The lowest BCUT2D eigenvalue weighted by molar-refractivity contribution is -0.136. The fourth-order valence-corrected chi connectivity index (χ4v) is 4.70. The summed E-state index contributed by atoms with van der Waals surface area (Å²) in [4.78, 5) is 15.3. The van der Waals surface area contributed by atoms with E-state index in [9.17, 15) is 4.79 Å². The quantitative estimate of drug-likeness (QED) is 0.521. The first-order chi connectivity index (χ1) is 15.6. The number of fused-ring (bicyclic) bond motifs is 1. The second-order valence-electron chi connectivity index (χ2n) is 8.86. The van der Waals surface area contributed by atoms with Crippen molar-refractivity contribution in [3.8, 4) is 22.8 Å². The van der Waals surface area contributed by atoms with E-state index in [0.717, 1.165) is 65.3 Å². The number of aryl methyl sites for hydroxylation is 2. The summed E-state index contributed by atoms with van der Waals surface area (Å²) in [6.07, 6.45) is 4.16. The first-order valence-corrected chi connectivity index (χ1v) is 11.3. The van der Waals surface area contributed by atoms with Crippen LogP contribution < -0.4 is 9.47 Å². The molecule has 1 aliphatic carbocycles. The van der Waals surface area contributed by atoms with Gasteiger partial charge in [-0.25, -0.2) is 0 Å². The Morgan fingerprint density at radius 3 is 2.62 bits per heavy atom. The monoisotopic (exact) mass is 432 g/mol. The number of ether oxygens (including phenoxy) is 2. The van der Waals surface area contributed by atoms with Crippen molar-refractivity contribution in [3.05, 3.63) is 64.8 Å². The second kappa shape index (κ2) is 8.69. The van der Waals surface area contributed by atoms with E-state index in [-0.39, 0.29) is 18.6 Å². The lowest BCUT2D eigenvalue weighted by Crippen LogP contribution is -2.34. The zero-order chi connectivity index (χ0) is 22.1. The number of aromatic nitrogens is 1. The van der Waals surface area contributed by atoms with Crippen molar-refractivity contribution >= 4 is 5.91 Å². The van der Waals surface area contributed by atoms with E-state index in [1.165, 1.54) is 5.56 Å². The van der Waals surface area contributed by atoms with E-state index in [1.807, 2.05) is 29.2 Å². The zero-order valence-electron chi connectivity index (χ0n) is 18.6. The Morgan fingerprint density at radius 2 is 1.81 bits per heavy atom. The molecule has 0 unspecified atom stereocenters. The highest BCUT2D eigenvalue weighted by atomic mass is 16.7. The first kappa shape index (κ1) is 20.6. The topological polar surface area (TPSA) is 64.8 Å². The van der Waals surface area contributed by atoms with Gasteiger partial charge in [-0.3, -0.25) is 4.79 Å². The van der Waals surface area contributed by atoms with Crippen LogP contribution in [-0.4, -0.2) is 22.8 Å². The van der Waals surface area contributed by atoms with E-state index in [2.05, 4.69) is 37.2 Å². The Labute approximate surface area is 188 Å². The molecule has 1 saturated carbocycles. The number of benzene rings is 2. The zero-order valence-corrected chi connectivity index (χ0v) is 18.6. The van der Waals surface area contributed by atoms with Gasteiger partial charge in [-0.1, -0.05) is 47.8 Å². The average molecular weight is 433 g/mol. The minimum Gasteiger partial charge on any atom is -0.454 e. The molecule has 2 heterocycles. The summed E-state index contributed by atoms with van der Waals surface area (Å²) in [6.45, 7) is 5.30. The molecule has 0 bridgehead atoms.